The van der Waals surface area contributed by atoms with Gasteiger partial charge in [0, 0.05) is 6.20 Å². The van der Waals surface area contributed by atoms with Crippen molar-refractivity contribution >= 4 is 15.9 Å². The van der Waals surface area contributed by atoms with E-state index >= 15 is 0 Å². The maximum Gasteiger partial charge on any atom is 0.196 e. The molecule has 3 heteroatoms. The van der Waals surface area contributed by atoms with Crippen LogP contribution in [0.4, 0.5) is 4.39 Å². The van der Waals surface area contributed by atoms with Crippen LogP contribution in [-0.2, 0) is 0 Å². The highest BCUT2D eigenvalue weighted by Gasteiger charge is 2.02. The SMILES string of the molecule is FC(Br)c1ccccn1. The topological polar surface area (TPSA) is 12.9 Å². The number of hydrogen-bond acceptors (Lipinski definition) is 1. The van der Waals surface area contributed by atoms with E-state index in [2.05, 4.69) is 20.9 Å². The fraction of sp³-hybridized carbons (Fsp3) is 0.167. The van der Waals surface area contributed by atoms with Crippen molar-refractivity contribution in [3.05, 3.63) is 30.1 Å². The Balaban J connectivity index is 2.85. The third-order valence-electron chi connectivity index (χ3n) is 0.911. The van der Waals surface area contributed by atoms with Crippen molar-refractivity contribution in [1.82, 2.24) is 4.98 Å². The van der Waals surface area contributed by atoms with E-state index in [1.54, 1.807) is 24.4 Å². The molecule has 0 saturated heterocycles. The molecule has 0 N–H and O–H groups in total. The lowest BCUT2D eigenvalue weighted by Crippen LogP contribution is -1.84. The van der Waals surface area contributed by atoms with Crippen molar-refractivity contribution < 1.29 is 4.39 Å². The Kier molecular flexibility index (Phi) is 2.16. The summed E-state index contributed by atoms with van der Waals surface area (Å²) in [6.45, 7) is 0. The fourth-order valence-corrected chi connectivity index (χ4v) is 0.776. The Bertz CT molecular complexity index is 176. The molecule has 0 radical (unpaired) electrons. The zero-order valence-corrected chi connectivity index (χ0v) is 6.18. The number of halogens is 2. The van der Waals surface area contributed by atoms with E-state index in [-0.39, 0.29) is 0 Å². The van der Waals surface area contributed by atoms with Crippen LogP contribution in [0, 0.1) is 0 Å². The zero-order valence-electron chi connectivity index (χ0n) is 4.59. The first kappa shape index (κ1) is 6.68. The normalized spacial score (nSPS) is 13.1. The van der Waals surface area contributed by atoms with Gasteiger partial charge in [0.15, 0.2) is 5.08 Å². The summed E-state index contributed by atoms with van der Waals surface area (Å²) in [6.07, 6.45) is 1.56. The second-order valence-corrected chi connectivity index (χ2v) is 2.36. The molecule has 1 aromatic rings. The highest BCUT2D eigenvalue weighted by atomic mass is 79.9. The van der Waals surface area contributed by atoms with Gasteiger partial charge in [-0.3, -0.25) is 4.98 Å². The quantitative estimate of drug-likeness (QED) is 0.619. The van der Waals surface area contributed by atoms with Gasteiger partial charge in [0.05, 0.1) is 5.69 Å². The first-order valence-electron chi connectivity index (χ1n) is 2.50. The van der Waals surface area contributed by atoms with E-state index in [1.807, 2.05) is 0 Å². The van der Waals surface area contributed by atoms with Crippen molar-refractivity contribution in [1.29, 1.82) is 0 Å². The van der Waals surface area contributed by atoms with Gasteiger partial charge >= 0.3 is 0 Å². The average molecular weight is 190 g/mol. The molecule has 0 fully saturated rings. The van der Waals surface area contributed by atoms with Gasteiger partial charge in [-0.05, 0) is 28.1 Å². The van der Waals surface area contributed by atoms with Crippen LogP contribution in [0.2, 0.25) is 0 Å². The van der Waals surface area contributed by atoms with Crippen LogP contribution in [0.25, 0.3) is 0 Å². The van der Waals surface area contributed by atoms with Crippen LogP contribution >= 0.6 is 15.9 Å². The van der Waals surface area contributed by atoms with Crippen LogP contribution in [0.5, 0.6) is 0 Å². The molecule has 0 spiro atoms. The van der Waals surface area contributed by atoms with Crippen molar-refractivity contribution in [2.75, 3.05) is 0 Å². The van der Waals surface area contributed by atoms with Gasteiger partial charge in [0.1, 0.15) is 0 Å². The van der Waals surface area contributed by atoms with Gasteiger partial charge in [0.25, 0.3) is 0 Å². The van der Waals surface area contributed by atoms with Gasteiger partial charge in [-0.2, -0.15) is 0 Å². The minimum absolute atomic E-state index is 0.414. The maximum atomic E-state index is 12.3. The Morgan fingerprint density at radius 1 is 1.56 bits per heavy atom. The summed E-state index contributed by atoms with van der Waals surface area (Å²) in [4.78, 5) is 3.76. The molecule has 1 rings (SSSR count). The molecule has 0 aromatic carbocycles. The molecule has 1 heterocycles. The monoisotopic (exact) mass is 189 g/mol. The molecule has 0 aliphatic rings. The first-order valence-corrected chi connectivity index (χ1v) is 3.41. The number of aromatic nitrogens is 1. The van der Waals surface area contributed by atoms with Crippen LogP contribution in [0.1, 0.15) is 10.8 Å². The standard InChI is InChI=1S/C6H5BrFN/c7-6(8)5-3-1-2-4-9-5/h1-4,6H. The van der Waals surface area contributed by atoms with Crippen molar-refractivity contribution in [2.24, 2.45) is 0 Å². The summed E-state index contributed by atoms with van der Waals surface area (Å²) in [7, 11) is 0. The molecule has 0 saturated carbocycles. The summed E-state index contributed by atoms with van der Waals surface area (Å²) in [6, 6.07) is 5.12. The average Bonchev–Trinajstić information content (AvgIpc) is 1.90. The van der Waals surface area contributed by atoms with Gasteiger partial charge in [-0.25, -0.2) is 4.39 Å². The lowest BCUT2D eigenvalue weighted by atomic mass is 10.4. The van der Waals surface area contributed by atoms with Crippen LogP contribution in [-0.4, -0.2) is 4.98 Å². The molecule has 0 bridgehead atoms. The zero-order chi connectivity index (χ0) is 6.69. The summed E-state index contributed by atoms with van der Waals surface area (Å²) in [5.74, 6) is 0. The number of hydrogen-bond donors (Lipinski definition) is 0. The van der Waals surface area contributed by atoms with Gasteiger partial charge in [0.2, 0.25) is 0 Å². The van der Waals surface area contributed by atoms with Gasteiger partial charge in [-0.1, -0.05) is 6.07 Å². The molecule has 0 aliphatic carbocycles. The van der Waals surface area contributed by atoms with Crippen molar-refractivity contribution in [3.63, 3.8) is 0 Å². The molecule has 1 aromatic heterocycles. The Hall–Kier alpha value is -0.440. The predicted octanol–water partition coefficient (Wildman–Crippen LogP) is 2.44. The predicted molar refractivity (Wildman–Crippen MR) is 37.0 cm³/mol. The largest absolute Gasteiger partial charge is 0.257 e. The van der Waals surface area contributed by atoms with Crippen LogP contribution < -0.4 is 0 Å². The lowest BCUT2D eigenvalue weighted by molar-refractivity contribution is 0.469. The fourth-order valence-electron chi connectivity index (χ4n) is 0.505. The number of alkyl halides is 2. The summed E-state index contributed by atoms with van der Waals surface area (Å²) >= 11 is 2.75. The van der Waals surface area contributed by atoms with Crippen LogP contribution in [0.3, 0.4) is 0 Å². The minimum atomic E-state index is -1.14. The second-order valence-electron chi connectivity index (χ2n) is 1.56. The molecule has 0 amide bonds. The Morgan fingerprint density at radius 3 is 2.67 bits per heavy atom. The Labute approximate surface area is 61.0 Å². The van der Waals surface area contributed by atoms with E-state index in [9.17, 15) is 4.39 Å². The molecule has 1 unspecified atom stereocenters. The lowest BCUT2D eigenvalue weighted by Gasteiger charge is -1.95. The minimum Gasteiger partial charge on any atom is -0.257 e. The van der Waals surface area contributed by atoms with E-state index in [1.165, 1.54) is 0 Å². The van der Waals surface area contributed by atoms with Gasteiger partial charge < -0.3 is 0 Å². The highest BCUT2D eigenvalue weighted by Crippen LogP contribution is 2.20. The van der Waals surface area contributed by atoms with E-state index in [0.717, 1.165) is 0 Å². The van der Waals surface area contributed by atoms with Gasteiger partial charge in [-0.15, -0.1) is 0 Å². The molecule has 1 nitrogen and oxygen atoms in total. The molecular formula is C6H5BrFN. The molecular weight excluding hydrogens is 185 g/mol. The van der Waals surface area contributed by atoms with Crippen LogP contribution in [0.15, 0.2) is 24.4 Å². The third-order valence-corrected chi connectivity index (χ3v) is 1.38. The summed E-state index contributed by atoms with van der Waals surface area (Å²) in [5.41, 5.74) is 0.414. The summed E-state index contributed by atoms with van der Waals surface area (Å²) in [5, 5.41) is -1.14. The van der Waals surface area contributed by atoms with E-state index < -0.39 is 5.08 Å². The number of pyridine rings is 1. The first-order chi connectivity index (χ1) is 4.30. The molecule has 0 aliphatic heterocycles. The smallest absolute Gasteiger partial charge is 0.196 e. The Morgan fingerprint density at radius 2 is 2.33 bits per heavy atom. The van der Waals surface area contributed by atoms with E-state index in [4.69, 9.17) is 0 Å². The molecule has 1 atom stereocenters. The third kappa shape index (κ3) is 1.75. The molecule has 9 heavy (non-hydrogen) atoms. The summed E-state index contributed by atoms with van der Waals surface area (Å²) < 4.78 is 12.3. The molecule has 48 valence electrons. The van der Waals surface area contributed by atoms with Crippen molar-refractivity contribution in [2.45, 2.75) is 5.08 Å². The second kappa shape index (κ2) is 2.92. The van der Waals surface area contributed by atoms with Crippen molar-refractivity contribution in [3.8, 4) is 0 Å². The maximum absolute atomic E-state index is 12.3. The van der Waals surface area contributed by atoms with E-state index in [0.29, 0.717) is 5.69 Å². The highest BCUT2D eigenvalue weighted by molar-refractivity contribution is 9.09. The number of nitrogens with zero attached hydrogens (tertiary/aromatic N) is 1. The number of rotatable bonds is 1.